The van der Waals surface area contributed by atoms with E-state index in [1.165, 1.54) is 0 Å². The van der Waals surface area contributed by atoms with Gasteiger partial charge in [0.25, 0.3) is 0 Å². The molecule has 3 aliphatic rings. The Morgan fingerprint density at radius 1 is 1.25 bits per heavy atom. The van der Waals surface area contributed by atoms with Crippen molar-refractivity contribution in [1.82, 2.24) is 0 Å². The normalized spacial score (nSPS) is 43.0. The molecule has 138 valence electrons. The van der Waals surface area contributed by atoms with Gasteiger partial charge in [0.2, 0.25) is 12.0 Å². The van der Waals surface area contributed by atoms with Crippen LogP contribution >= 0.6 is 15.9 Å². The van der Waals surface area contributed by atoms with E-state index < -0.39 is 29.7 Å². The minimum absolute atomic E-state index is 0.0149. The van der Waals surface area contributed by atoms with Crippen molar-refractivity contribution in [3.8, 4) is 0 Å². The number of hydrogen-bond acceptors (Lipinski definition) is 4. The third-order valence-corrected chi connectivity index (χ3v) is 6.43. The van der Waals surface area contributed by atoms with Gasteiger partial charge in [-0.15, -0.1) is 0 Å². The van der Waals surface area contributed by atoms with Gasteiger partial charge in [0, 0.05) is 17.2 Å². The van der Waals surface area contributed by atoms with Crippen molar-refractivity contribution in [3.05, 3.63) is 11.3 Å². The first-order valence-electron chi connectivity index (χ1n) is 8.26. The van der Waals surface area contributed by atoms with Gasteiger partial charge in [-0.2, -0.15) is 13.2 Å². The van der Waals surface area contributed by atoms with Crippen molar-refractivity contribution in [1.29, 1.82) is 0 Å². The second kappa shape index (κ2) is 6.45. The highest BCUT2D eigenvalue weighted by Gasteiger charge is 2.65. The summed E-state index contributed by atoms with van der Waals surface area (Å²) in [6, 6.07) is 0. The lowest BCUT2D eigenvalue weighted by atomic mass is 9.59. The summed E-state index contributed by atoms with van der Waals surface area (Å²) in [5.74, 6) is -1.52. The van der Waals surface area contributed by atoms with E-state index >= 15 is 0 Å². The van der Waals surface area contributed by atoms with E-state index in [1.54, 1.807) is 0 Å². The summed E-state index contributed by atoms with van der Waals surface area (Å²) in [6.45, 7) is 3.86. The molecule has 2 unspecified atom stereocenters. The third kappa shape index (κ3) is 2.70. The molecule has 24 heavy (non-hydrogen) atoms. The van der Waals surface area contributed by atoms with Gasteiger partial charge in [0.05, 0.1) is 6.10 Å². The van der Waals surface area contributed by atoms with Crippen LogP contribution in [0.3, 0.4) is 0 Å². The summed E-state index contributed by atoms with van der Waals surface area (Å²) < 4.78 is 51.6. The second-order valence-corrected chi connectivity index (χ2v) is 7.68. The predicted octanol–water partition coefficient (Wildman–Crippen LogP) is 4.64. The van der Waals surface area contributed by atoms with Gasteiger partial charge in [0.15, 0.2) is 5.60 Å². The summed E-state index contributed by atoms with van der Waals surface area (Å²) in [7, 11) is 0. The highest BCUT2D eigenvalue weighted by atomic mass is 79.9. The molecule has 0 amide bonds. The molecule has 0 aromatic carbocycles. The van der Waals surface area contributed by atoms with Crippen LogP contribution in [0.4, 0.5) is 13.2 Å². The molecule has 1 saturated carbocycles. The maximum Gasteiger partial charge on any atom is 0.449 e. The lowest BCUT2D eigenvalue weighted by molar-refractivity contribution is -0.419. The molecule has 2 aliphatic heterocycles. The van der Waals surface area contributed by atoms with Crippen LogP contribution in [0, 0.1) is 17.8 Å². The van der Waals surface area contributed by atoms with Gasteiger partial charge in [0.1, 0.15) is 0 Å². The van der Waals surface area contributed by atoms with Crippen molar-refractivity contribution < 1.29 is 32.8 Å². The molecule has 1 N–H and O–H groups in total. The molecule has 0 aromatic rings. The average Bonchev–Trinajstić information content (AvgIpc) is 2.66. The van der Waals surface area contributed by atoms with Crippen LogP contribution in [0.1, 0.15) is 39.5 Å². The quantitative estimate of drug-likeness (QED) is 0.406. The van der Waals surface area contributed by atoms with Crippen molar-refractivity contribution in [2.45, 2.75) is 63.7 Å². The van der Waals surface area contributed by atoms with E-state index in [0.717, 1.165) is 12.8 Å². The summed E-state index contributed by atoms with van der Waals surface area (Å²) in [6.07, 6.45) is -3.45. The molecule has 1 aliphatic carbocycles. The molecular weight excluding hydrogens is 393 g/mol. The largest absolute Gasteiger partial charge is 0.456 e. The van der Waals surface area contributed by atoms with Crippen molar-refractivity contribution in [2.24, 2.45) is 17.8 Å². The Hall–Kier alpha value is -0.310. The Kier molecular flexibility index (Phi) is 4.96. The van der Waals surface area contributed by atoms with Gasteiger partial charge in [-0.05, 0) is 44.1 Å². The fourth-order valence-corrected chi connectivity index (χ4v) is 5.34. The van der Waals surface area contributed by atoms with Crippen LogP contribution in [0.2, 0.25) is 0 Å². The lowest BCUT2D eigenvalue weighted by Crippen LogP contribution is -2.64. The summed E-state index contributed by atoms with van der Waals surface area (Å²) in [4.78, 5) is 4.97. The lowest BCUT2D eigenvalue weighted by Gasteiger charge is -2.54. The first-order valence-corrected chi connectivity index (χ1v) is 9.38. The predicted molar refractivity (Wildman–Crippen MR) is 83.4 cm³/mol. The summed E-state index contributed by atoms with van der Waals surface area (Å²) in [5, 5.41) is 9.85. The monoisotopic (exact) mass is 414 g/mol. The molecule has 0 radical (unpaired) electrons. The maximum atomic E-state index is 13.5. The van der Waals surface area contributed by atoms with E-state index in [2.05, 4.69) is 15.9 Å². The van der Waals surface area contributed by atoms with Gasteiger partial charge >= 0.3 is 6.18 Å². The van der Waals surface area contributed by atoms with E-state index in [4.69, 9.17) is 14.4 Å². The van der Waals surface area contributed by atoms with Crippen LogP contribution in [0.5, 0.6) is 0 Å². The maximum absolute atomic E-state index is 13.5. The van der Waals surface area contributed by atoms with E-state index in [-0.39, 0.29) is 28.8 Å². The van der Waals surface area contributed by atoms with E-state index in [9.17, 15) is 18.4 Å². The fraction of sp³-hybridized carbons (Fsp3) is 0.875. The van der Waals surface area contributed by atoms with Crippen LogP contribution < -0.4 is 0 Å². The smallest absolute Gasteiger partial charge is 0.449 e. The Labute approximate surface area is 147 Å². The molecule has 2 heterocycles. The van der Waals surface area contributed by atoms with Crippen LogP contribution in [-0.2, 0) is 14.4 Å². The molecule has 1 saturated heterocycles. The van der Waals surface area contributed by atoms with Crippen LogP contribution in [0.15, 0.2) is 11.3 Å². The molecule has 4 nitrogen and oxygen atoms in total. The van der Waals surface area contributed by atoms with Crippen molar-refractivity contribution >= 4 is 15.9 Å². The molecule has 6 atom stereocenters. The molecule has 8 heteroatoms. The Morgan fingerprint density at radius 2 is 1.96 bits per heavy atom. The highest BCUT2D eigenvalue weighted by molar-refractivity contribution is 9.09. The van der Waals surface area contributed by atoms with Crippen LogP contribution in [0.25, 0.3) is 0 Å². The number of hydrogen-bond donors (Lipinski definition) is 1. The molecule has 0 spiro atoms. The molecule has 3 rings (SSSR count). The third-order valence-electron chi connectivity index (χ3n) is 5.83. The number of halogens is 4. The minimum atomic E-state index is -4.61. The molecule has 0 bridgehead atoms. The minimum Gasteiger partial charge on any atom is -0.456 e. The van der Waals surface area contributed by atoms with Gasteiger partial charge < -0.3 is 9.47 Å². The summed E-state index contributed by atoms with van der Waals surface area (Å²) in [5.41, 5.74) is -1.19. The van der Waals surface area contributed by atoms with Crippen molar-refractivity contribution in [2.75, 3.05) is 5.33 Å². The molecule has 0 aromatic heterocycles. The zero-order chi connectivity index (χ0) is 17.7. The zero-order valence-electron chi connectivity index (χ0n) is 13.6. The number of rotatable bonds is 2. The van der Waals surface area contributed by atoms with E-state index in [1.807, 2.05) is 13.8 Å². The Morgan fingerprint density at radius 3 is 2.54 bits per heavy atom. The number of alkyl halides is 4. The molecule has 2 fully saturated rings. The van der Waals surface area contributed by atoms with Gasteiger partial charge in [-0.1, -0.05) is 22.9 Å². The van der Waals surface area contributed by atoms with E-state index in [0.29, 0.717) is 12.8 Å². The SMILES string of the molecule is C[C@@H]1CC[C@H]2C(CBr)=C(C(F)(F)F)O[C@@H]3O[C@@H](C)CCC1C32OO. The number of allylic oxidation sites excluding steroid dienone is 1. The Bertz CT molecular complexity index is 524. The van der Waals surface area contributed by atoms with Crippen LogP contribution in [-0.4, -0.2) is 34.8 Å². The van der Waals surface area contributed by atoms with Crippen molar-refractivity contribution in [3.63, 3.8) is 0 Å². The Balaban J connectivity index is 2.17. The highest BCUT2D eigenvalue weighted by Crippen LogP contribution is 2.57. The van der Waals surface area contributed by atoms with Gasteiger partial charge in [-0.25, -0.2) is 4.89 Å². The average molecular weight is 415 g/mol. The second-order valence-electron chi connectivity index (χ2n) is 7.12. The summed E-state index contributed by atoms with van der Waals surface area (Å²) >= 11 is 3.17. The molecular formula is C16H22BrF3O4. The topological polar surface area (TPSA) is 47.9 Å². The fourth-order valence-electron chi connectivity index (χ4n) is 4.69. The zero-order valence-corrected chi connectivity index (χ0v) is 15.2. The van der Waals surface area contributed by atoms with Gasteiger partial charge in [-0.3, -0.25) is 5.26 Å². The first kappa shape index (κ1) is 18.5. The number of ether oxygens (including phenoxy) is 2. The first-order chi connectivity index (χ1) is 11.3. The standard InChI is InChI=1S/C16H22BrF3O4/c1-8-3-5-12-10(7-17)13(16(18,19)20)23-14-15(12,24-21)11(8)6-4-9(2)22-14/h8-9,11-12,14,21H,3-7H2,1-2H3/t8-,9+,11?,12+,14+,15?/m1/s1.